The van der Waals surface area contributed by atoms with Crippen molar-refractivity contribution in [2.24, 2.45) is 0 Å². The Bertz CT molecular complexity index is 728. The normalized spacial score (nSPS) is 12.2. The minimum absolute atomic E-state index is 0.145. The number of nitrogens with one attached hydrogen (secondary N) is 1. The van der Waals surface area contributed by atoms with E-state index in [4.69, 9.17) is 14.8 Å². The SMILES string of the molecule is COCCN(C)S(=O)(=O)c1ccc2[nH]c(B(O)O)cc2c1. The van der Waals surface area contributed by atoms with Crippen LogP contribution < -0.4 is 5.59 Å². The van der Waals surface area contributed by atoms with Gasteiger partial charge in [0.15, 0.2) is 0 Å². The fourth-order valence-corrected chi connectivity index (χ4v) is 3.14. The van der Waals surface area contributed by atoms with Crippen molar-refractivity contribution >= 4 is 33.6 Å². The van der Waals surface area contributed by atoms with Crippen LogP contribution in [0.5, 0.6) is 0 Å². The number of hydrogen-bond acceptors (Lipinski definition) is 5. The van der Waals surface area contributed by atoms with Crippen LogP contribution in [0.2, 0.25) is 0 Å². The summed E-state index contributed by atoms with van der Waals surface area (Å²) in [6, 6.07) is 6.08. The van der Waals surface area contributed by atoms with Crippen LogP contribution in [0.25, 0.3) is 10.9 Å². The zero-order valence-corrected chi connectivity index (χ0v) is 12.6. The molecule has 9 heteroatoms. The van der Waals surface area contributed by atoms with Gasteiger partial charge in [-0.05, 0) is 24.3 Å². The Morgan fingerprint density at radius 1 is 1.33 bits per heavy atom. The maximum Gasteiger partial charge on any atom is 0.505 e. The van der Waals surface area contributed by atoms with Gasteiger partial charge in [-0.1, -0.05) is 0 Å². The lowest BCUT2D eigenvalue weighted by Crippen LogP contribution is -2.30. The van der Waals surface area contributed by atoms with Gasteiger partial charge in [0.25, 0.3) is 0 Å². The highest BCUT2D eigenvalue weighted by molar-refractivity contribution is 7.89. The minimum atomic E-state index is -3.60. The first-order valence-corrected chi connectivity index (χ1v) is 7.74. The summed E-state index contributed by atoms with van der Waals surface area (Å²) in [5.74, 6) is 0. The van der Waals surface area contributed by atoms with Crippen LogP contribution in [0.4, 0.5) is 0 Å². The number of nitrogens with zero attached hydrogens (tertiary/aromatic N) is 1. The molecule has 0 amide bonds. The molecule has 0 fully saturated rings. The smallest absolute Gasteiger partial charge is 0.422 e. The van der Waals surface area contributed by atoms with Crippen LogP contribution in [0.1, 0.15) is 0 Å². The van der Waals surface area contributed by atoms with Gasteiger partial charge < -0.3 is 19.8 Å². The molecule has 2 aromatic rings. The first-order valence-electron chi connectivity index (χ1n) is 6.30. The average Bonchev–Trinajstić information content (AvgIpc) is 2.87. The third-order valence-corrected chi connectivity index (χ3v) is 5.06. The van der Waals surface area contributed by atoms with Crippen LogP contribution in [-0.4, -0.2) is 62.2 Å². The quantitative estimate of drug-likeness (QED) is 0.601. The van der Waals surface area contributed by atoms with Crippen LogP contribution in [-0.2, 0) is 14.8 Å². The molecule has 2 rings (SSSR count). The molecule has 0 saturated heterocycles. The van der Waals surface area contributed by atoms with Crippen LogP contribution in [0.3, 0.4) is 0 Å². The summed E-state index contributed by atoms with van der Waals surface area (Å²) in [5.41, 5.74) is 0.851. The second-order valence-electron chi connectivity index (χ2n) is 4.67. The second-order valence-corrected chi connectivity index (χ2v) is 6.71. The molecule has 0 saturated carbocycles. The molecule has 1 aromatic heterocycles. The van der Waals surface area contributed by atoms with E-state index in [1.165, 1.54) is 36.7 Å². The number of aromatic amines is 1. The molecule has 0 bridgehead atoms. The van der Waals surface area contributed by atoms with Crippen molar-refractivity contribution in [1.82, 2.24) is 9.29 Å². The van der Waals surface area contributed by atoms with Crippen molar-refractivity contribution in [3.05, 3.63) is 24.3 Å². The van der Waals surface area contributed by atoms with Gasteiger partial charge in [-0.3, -0.25) is 0 Å². The molecule has 1 aromatic carbocycles. The lowest BCUT2D eigenvalue weighted by molar-refractivity contribution is 0.185. The number of fused-ring (bicyclic) bond motifs is 1. The molecule has 0 spiro atoms. The van der Waals surface area contributed by atoms with Crippen molar-refractivity contribution in [3.63, 3.8) is 0 Å². The van der Waals surface area contributed by atoms with Crippen molar-refractivity contribution in [1.29, 1.82) is 0 Å². The standard InChI is InChI=1S/C12H17BN2O5S/c1-15(5-6-20-2)21(18,19)10-3-4-11-9(7-10)8-12(14-11)13(16)17/h3-4,7-8,14,16-17H,5-6H2,1-2H3. The molecule has 0 aliphatic rings. The summed E-state index contributed by atoms with van der Waals surface area (Å²) < 4.78 is 30.9. The Morgan fingerprint density at radius 2 is 2.05 bits per heavy atom. The Hall–Kier alpha value is -1.39. The largest absolute Gasteiger partial charge is 0.505 e. The second kappa shape index (κ2) is 6.16. The van der Waals surface area contributed by atoms with Gasteiger partial charge in [-0.2, -0.15) is 4.31 Å². The van der Waals surface area contributed by atoms with E-state index in [2.05, 4.69) is 4.98 Å². The molecule has 1 heterocycles. The topological polar surface area (TPSA) is 103 Å². The zero-order chi connectivity index (χ0) is 15.6. The molecule has 0 atom stereocenters. The van der Waals surface area contributed by atoms with Crippen LogP contribution >= 0.6 is 0 Å². The van der Waals surface area contributed by atoms with E-state index in [1.807, 2.05) is 0 Å². The summed E-state index contributed by atoms with van der Waals surface area (Å²) in [4.78, 5) is 2.95. The van der Waals surface area contributed by atoms with Gasteiger partial charge in [-0.25, -0.2) is 8.42 Å². The predicted octanol–water partition coefficient (Wildman–Crippen LogP) is -0.885. The van der Waals surface area contributed by atoms with E-state index in [0.29, 0.717) is 17.5 Å². The summed E-state index contributed by atoms with van der Waals surface area (Å²) in [7, 11) is -2.23. The Balaban J connectivity index is 2.37. The summed E-state index contributed by atoms with van der Waals surface area (Å²) in [5, 5.41) is 18.8. The van der Waals surface area contributed by atoms with Gasteiger partial charge in [0.05, 0.1) is 11.5 Å². The number of sulfonamides is 1. The first-order chi connectivity index (χ1) is 9.86. The number of benzene rings is 1. The highest BCUT2D eigenvalue weighted by Gasteiger charge is 2.21. The molecule has 0 unspecified atom stereocenters. The number of likely N-dealkylation sites (N-methyl/N-ethyl adjacent to an activating group) is 1. The number of aromatic nitrogens is 1. The maximum absolute atomic E-state index is 12.4. The lowest BCUT2D eigenvalue weighted by atomic mass is 9.87. The van der Waals surface area contributed by atoms with Crippen molar-refractivity contribution in [2.75, 3.05) is 27.3 Å². The third-order valence-electron chi connectivity index (χ3n) is 3.21. The highest BCUT2D eigenvalue weighted by Crippen LogP contribution is 2.20. The molecule has 7 nitrogen and oxygen atoms in total. The van der Waals surface area contributed by atoms with Gasteiger partial charge in [-0.15, -0.1) is 0 Å². The Labute approximate surface area is 123 Å². The maximum atomic E-state index is 12.4. The van der Waals surface area contributed by atoms with Gasteiger partial charge in [0, 0.05) is 37.2 Å². The molecule has 0 aliphatic carbocycles. The summed E-state index contributed by atoms with van der Waals surface area (Å²) in [6.07, 6.45) is 0. The molecule has 3 N–H and O–H groups in total. The van der Waals surface area contributed by atoms with E-state index in [-0.39, 0.29) is 17.0 Å². The number of H-pyrrole nitrogens is 1. The molecule has 0 radical (unpaired) electrons. The highest BCUT2D eigenvalue weighted by atomic mass is 32.2. The predicted molar refractivity (Wildman–Crippen MR) is 79.8 cm³/mol. The van der Waals surface area contributed by atoms with E-state index in [0.717, 1.165) is 0 Å². The van der Waals surface area contributed by atoms with Crippen LogP contribution in [0, 0.1) is 0 Å². The number of ether oxygens (including phenoxy) is 1. The van der Waals surface area contributed by atoms with E-state index < -0.39 is 17.1 Å². The average molecular weight is 312 g/mol. The Kier molecular flexibility index (Phi) is 4.69. The Morgan fingerprint density at radius 3 is 2.67 bits per heavy atom. The molecule has 0 aliphatic heterocycles. The van der Waals surface area contributed by atoms with Crippen LogP contribution in [0.15, 0.2) is 29.2 Å². The number of hydrogen-bond donors (Lipinski definition) is 3. The molecular weight excluding hydrogens is 295 g/mol. The minimum Gasteiger partial charge on any atom is -0.422 e. The lowest BCUT2D eigenvalue weighted by Gasteiger charge is -2.16. The summed E-state index contributed by atoms with van der Waals surface area (Å²) in [6.45, 7) is 0.563. The summed E-state index contributed by atoms with van der Waals surface area (Å²) >= 11 is 0. The van der Waals surface area contributed by atoms with Crippen molar-refractivity contribution < 1.29 is 23.2 Å². The number of methoxy groups -OCH3 is 1. The third kappa shape index (κ3) is 3.27. The fourth-order valence-electron chi connectivity index (χ4n) is 1.95. The van der Waals surface area contributed by atoms with E-state index in [1.54, 1.807) is 6.07 Å². The fraction of sp³-hybridized carbons (Fsp3) is 0.333. The van der Waals surface area contributed by atoms with Crippen molar-refractivity contribution in [2.45, 2.75) is 4.90 Å². The van der Waals surface area contributed by atoms with E-state index >= 15 is 0 Å². The molecular formula is C12H17BN2O5S. The number of rotatable bonds is 6. The van der Waals surface area contributed by atoms with E-state index in [9.17, 15) is 8.42 Å². The van der Waals surface area contributed by atoms with Gasteiger partial charge in [0.1, 0.15) is 0 Å². The zero-order valence-electron chi connectivity index (χ0n) is 11.8. The monoisotopic (exact) mass is 312 g/mol. The first kappa shape index (κ1) is 16.0. The van der Waals surface area contributed by atoms with Gasteiger partial charge in [0.2, 0.25) is 10.0 Å². The van der Waals surface area contributed by atoms with Crippen molar-refractivity contribution in [3.8, 4) is 0 Å². The molecule has 114 valence electrons. The molecule has 21 heavy (non-hydrogen) atoms. The van der Waals surface area contributed by atoms with Gasteiger partial charge >= 0.3 is 7.12 Å².